The summed E-state index contributed by atoms with van der Waals surface area (Å²) in [5.41, 5.74) is 22.7. The molecule has 0 spiro atoms. The van der Waals surface area contributed by atoms with E-state index in [-0.39, 0.29) is 6.03 Å². The van der Waals surface area contributed by atoms with E-state index in [9.17, 15) is 9.59 Å². The number of hydrazine groups is 3. The first-order valence-corrected chi connectivity index (χ1v) is 8.68. The Bertz CT molecular complexity index is 816. The van der Waals surface area contributed by atoms with E-state index in [1.807, 2.05) is 91.0 Å². The Kier molecular flexibility index (Phi) is 8.70. The minimum atomic E-state index is -0.603. The van der Waals surface area contributed by atoms with E-state index in [0.29, 0.717) is 0 Å². The van der Waals surface area contributed by atoms with Gasteiger partial charge in [-0.1, -0.05) is 54.6 Å². The second kappa shape index (κ2) is 12.1. The van der Waals surface area contributed by atoms with Gasteiger partial charge < -0.3 is 5.73 Å². The van der Waals surface area contributed by atoms with E-state index in [1.165, 1.54) is 0 Å². The van der Waals surface area contributed by atoms with Crippen LogP contribution < -0.4 is 38.3 Å². The molecule has 9 nitrogen and oxygen atoms in total. The van der Waals surface area contributed by atoms with Gasteiger partial charge in [-0.15, -0.1) is 0 Å². The Balaban J connectivity index is 0.000000234. The zero-order valence-electron chi connectivity index (χ0n) is 15.6. The molecule has 0 aliphatic rings. The third kappa shape index (κ3) is 9.20. The highest BCUT2D eigenvalue weighted by Crippen LogP contribution is 2.04. The Labute approximate surface area is 168 Å². The van der Waals surface area contributed by atoms with Crippen LogP contribution in [0.1, 0.15) is 0 Å². The number of nitrogens with two attached hydrogens (primary N) is 1. The molecular weight excluding hydrogens is 370 g/mol. The summed E-state index contributed by atoms with van der Waals surface area (Å²) in [6.07, 6.45) is 0. The van der Waals surface area contributed by atoms with Crippen molar-refractivity contribution in [1.29, 1.82) is 0 Å². The van der Waals surface area contributed by atoms with Crippen LogP contribution in [0, 0.1) is 0 Å². The number of benzene rings is 3. The third-order valence-corrected chi connectivity index (χ3v) is 3.29. The van der Waals surface area contributed by atoms with E-state index in [0.717, 1.165) is 17.1 Å². The summed E-state index contributed by atoms with van der Waals surface area (Å²) in [5.74, 6) is 0. The number of urea groups is 2. The van der Waals surface area contributed by atoms with Crippen LogP contribution in [-0.2, 0) is 0 Å². The first kappa shape index (κ1) is 20.9. The fraction of sp³-hybridized carbons (Fsp3) is 0. The van der Waals surface area contributed by atoms with Crippen LogP contribution in [0.5, 0.6) is 0 Å². The van der Waals surface area contributed by atoms with Gasteiger partial charge in [0.2, 0.25) is 0 Å². The maximum atomic E-state index is 11.4. The zero-order chi connectivity index (χ0) is 20.7. The molecule has 4 amide bonds. The van der Waals surface area contributed by atoms with Gasteiger partial charge >= 0.3 is 12.1 Å². The Morgan fingerprint density at radius 1 is 0.517 bits per heavy atom. The molecule has 0 aliphatic heterocycles. The van der Waals surface area contributed by atoms with Gasteiger partial charge in [0.25, 0.3) is 0 Å². The number of hydrogen-bond donors (Lipinski definition) is 7. The number of carbonyl (C=O) groups is 2. The van der Waals surface area contributed by atoms with Crippen molar-refractivity contribution in [2.45, 2.75) is 0 Å². The van der Waals surface area contributed by atoms with Gasteiger partial charge in [0.15, 0.2) is 0 Å². The average molecular weight is 393 g/mol. The van der Waals surface area contributed by atoms with Crippen molar-refractivity contribution in [2.24, 2.45) is 5.73 Å². The fourth-order valence-corrected chi connectivity index (χ4v) is 1.99. The van der Waals surface area contributed by atoms with Crippen molar-refractivity contribution >= 4 is 29.1 Å². The number of primary amides is 1. The van der Waals surface area contributed by atoms with Crippen LogP contribution in [0.15, 0.2) is 91.0 Å². The molecule has 0 heterocycles. The van der Waals surface area contributed by atoms with Gasteiger partial charge in [-0.25, -0.2) is 9.59 Å². The highest BCUT2D eigenvalue weighted by atomic mass is 16.2. The summed E-state index contributed by atoms with van der Waals surface area (Å²) in [5, 5.41) is 0. The van der Waals surface area contributed by atoms with Gasteiger partial charge in [0, 0.05) is 0 Å². The SMILES string of the molecule is NC(=O)NNc1ccccc1.O=C(NNc1ccccc1)NNc1ccccc1. The minimum absolute atomic E-state index is 0.372. The lowest BCUT2D eigenvalue weighted by Crippen LogP contribution is -2.41. The van der Waals surface area contributed by atoms with Crippen molar-refractivity contribution < 1.29 is 9.59 Å². The van der Waals surface area contributed by atoms with Crippen molar-refractivity contribution in [3.8, 4) is 0 Å². The lowest BCUT2D eigenvalue weighted by atomic mass is 10.3. The average Bonchev–Trinajstić information content (AvgIpc) is 2.77. The van der Waals surface area contributed by atoms with Crippen LogP contribution in [0.3, 0.4) is 0 Å². The standard InChI is InChI=1S/C13H14N4O.C7H9N3O/c18-13(16-14-11-7-3-1-4-8-11)17-15-12-9-5-2-6-10-12;8-7(11)10-9-6-4-2-1-3-5-6/h1-10,14-15H,(H2,16,17,18);1-5,9H,(H3,8,10,11). The molecule has 0 aliphatic carbocycles. The second-order valence-corrected chi connectivity index (χ2v) is 5.54. The third-order valence-electron chi connectivity index (χ3n) is 3.29. The highest BCUT2D eigenvalue weighted by molar-refractivity contribution is 5.76. The molecule has 29 heavy (non-hydrogen) atoms. The van der Waals surface area contributed by atoms with Crippen molar-refractivity contribution in [3.05, 3.63) is 91.0 Å². The normalized spacial score (nSPS) is 9.10. The molecular formula is C20H23N7O2. The number of rotatable bonds is 6. The Morgan fingerprint density at radius 2 is 0.828 bits per heavy atom. The molecule has 0 aromatic heterocycles. The van der Waals surface area contributed by atoms with Crippen molar-refractivity contribution in [1.82, 2.24) is 16.3 Å². The quantitative estimate of drug-likeness (QED) is 0.323. The first-order chi connectivity index (χ1) is 14.1. The molecule has 0 saturated carbocycles. The molecule has 0 saturated heterocycles. The molecule has 150 valence electrons. The van der Waals surface area contributed by atoms with E-state index in [2.05, 4.69) is 32.6 Å². The topological polar surface area (TPSA) is 132 Å². The molecule has 8 N–H and O–H groups in total. The summed E-state index contributed by atoms with van der Waals surface area (Å²) in [6, 6.07) is 27.0. The molecule has 0 atom stereocenters. The molecule has 0 fully saturated rings. The maximum Gasteiger partial charge on any atom is 0.352 e. The van der Waals surface area contributed by atoms with Crippen LogP contribution in [0.4, 0.5) is 26.7 Å². The van der Waals surface area contributed by atoms with E-state index < -0.39 is 6.03 Å². The summed E-state index contributed by atoms with van der Waals surface area (Å²) in [6.45, 7) is 0. The Morgan fingerprint density at radius 3 is 1.14 bits per heavy atom. The number of carbonyl (C=O) groups excluding carboxylic acids is 2. The number of para-hydroxylation sites is 3. The molecule has 3 aromatic carbocycles. The summed E-state index contributed by atoms with van der Waals surface area (Å²) >= 11 is 0. The number of anilines is 3. The van der Waals surface area contributed by atoms with E-state index in [4.69, 9.17) is 5.73 Å². The molecule has 9 heteroatoms. The van der Waals surface area contributed by atoms with Gasteiger partial charge in [-0.05, 0) is 36.4 Å². The molecule has 3 rings (SSSR count). The van der Waals surface area contributed by atoms with Gasteiger partial charge in [0.1, 0.15) is 0 Å². The number of amides is 4. The van der Waals surface area contributed by atoms with Gasteiger partial charge in [-0.3, -0.25) is 32.6 Å². The van der Waals surface area contributed by atoms with E-state index >= 15 is 0 Å². The van der Waals surface area contributed by atoms with Crippen molar-refractivity contribution in [2.75, 3.05) is 16.3 Å². The molecule has 0 bridgehead atoms. The van der Waals surface area contributed by atoms with Crippen molar-refractivity contribution in [3.63, 3.8) is 0 Å². The van der Waals surface area contributed by atoms with Crippen LogP contribution in [0.25, 0.3) is 0 Å². The monoisotopic (exact) mass is 393 g/mol. The Hall–Kier alpha value is -4.40. The van der Waals surface area contributed by atoms with Gasteiger partial charge in [-0.2, -0.15) is 0 Å². The molecule has 0 unspecified atom stereocenters. The maximum absolute atomic E-state index is 11.4. The molecule has 0 radical (unpaired) electrons. The fourth-order valence-electron chi connectivity index (χ4n) is 1.99. The second-order valence-electron chi connectivity index (χ2n) is 5.54. The minimum Gasteiger partial charge on any atom is -0.350 e. The molecule has 3 aromatic rings. The first-order valence-electron chi connectivity index (χ1n) is 8.68. The highest BCUT2D eigenvalue weighted by Gasteiger charge is 1.98. The summed E-state index contributed by atoms with van der Waals surface area (Å²) in [7, 11) is 0. The van der Waals surface area contributed by atoms with Crippen LogP contribution in [0.2, 0.25) is 0 Å². The smallest absolute Gasteiger partial charge is 0.350 e. The zero-order valence-corrected chi connectivity index (χ0v) is 15.6. The number of hydrogen-bond acceptors (Lipinski definition) is 5. The van der Waals surface area contributed by atoms with Gasteiger partial charge in [0.05, 0.1) is 17.1 Å². The predicted octanol–water partition coefficient (Wildman–Crippen LogP) is 3.02. The predicted molar refractivity (Wildman–Crippen MR) is 115 cm³/mol. The largest absolute Gasteiger partial charge is 0.352 e. The summed E-state index contributed by atoms with van der Waals surface area (Å²) < 4.78 is 0. The lowest BCUT2D eigenvalue weighted by molar-refractivity contribution is 0.244. The number of nitrogens with one attached hydrogen (secondary N) is 6. The lowest BCUT2D eigenvalue weighted by Gasteiger charge is -2.11. The van der Waals surface area contributed by atoms with Crippen LogP contribution in [-0.4, -0.2) is 12.1 Å². The summed E-state index contributed by atoms with van der Waals surface area (Å²) in [4.78, 5) is 21.7. The van der Waals surface area contributed by atoms with E-state index in [1.54, 1.807) is 0 Å². The van der Waals surface area contributed by atoms with Crippen LogP contribution >= 0.6 is 0 Å².